The van der Waals surface area contributed by atoms with Gasteiger partial charge >= 0.3 is 0 Å². The van der Waals surface area contributed by atoms with Crippen LogP contribution in [0, 0.1) is 0 Å². The zero-order valence-corrected chi connectivity index (χ0v) is 14.7. The van der Waals surface area contributed by atoms with Gasteiger partial charge in [0.05, 0.1) is 19.2 Å². The quantitative estimate of drug-likeness (QED) is 0.870. The predicted molar refractivity (Wildman–Crippen MR) is 96.3 cm³/mol. The van der Waals surface area contributed by atoms with Crippen molar-refractivity contribution in [2.24, 2.45) is 0 Å². The molecule has 0 unspecified atom stereocenters. The van der Waals surface area contributed by atoms with Crippen LogP contribution in [0.25, 0.3) is 0 Å². The molecule has 2 aromatic rings. The van der Waals surface area contributed by atoms with Gasteiger partial charge in [0.25, 0.3) is 0 Å². The standard InChI is InChI=1S/C18H22ClN3O2/c1-23-16-7-3-5-13(17(16)24-2)11-21-14-8-10-22(12-14)18-15(19)6-4-9-20-18/h3-7,9,14,21H,8,10-12H2,1-2H3/t14-/m1/s1. The fourth-order valence-corrected chi connectivity index (χ4v) is 3.32. The monoisotopic (exact) mass is 347 g/mol. The van der Waals surface area contributed by atoms with Crippen LogP contribution < -0.4 is 19.7 Å². The number of pyridine rings is 1. The molecule has 2 heterocycles. The van der Waals surface area contributed by atoms with Crippen LogP contribution >= 0.6 is 11.6 Å². The Labute approximate surface area is 147 Å². The van der Waals surface area contributed by atoms with Crippen LogP contribution in [-0.4, -0.2) is 38.3 Å². The average molecular weight is 348 g/mol. The van der Waals surface area contributed by atoms with E-state index >= 15 is 0 Å². The highest BCUT2D eigenvalue weighted by atomic mass is 35.5. The SMILES string of the molecule is COc1cccc(CN[C@@H]2CCN(c3ncccc3Cl)C2)c1OC. The molecule has 0 spiro atoms. The fraction of sp³-hybridized carbons (Fsp3) is 0.389. The molecular weight excluding hydrogens is 326 g/mol. The Balaban J connectivity index is 1.62. The van der Waals surface area contributed by atoms with E-state index in [2.05, 4.69) is 21.3 Å². The number of rotatable bonds is 6. The maximum atomic E-state index is 6.24. The Hall–Kier alpha value is -1.98. The lowest BCUT2D eigenvalue weighted by molar-refractivity contribution is 0.350. The minimum absolute atomic E-state index is 0.388. The number of para-hydroxylation sites is 1. The topological polar surface area (TPSA) is 46.6 Å². The minimum Gasteiger partial charge on any atom is -0.493 e. The smallest absolute Gasteiger partial charge is 0.165 e. The summed E-state index contributed by atoms with van der Waals surface area (Å²) in [6.07, 6.45) is 2.84. The summed E-state index contributed by atoms with van der Waals surface area (Å²) in [5.41, 5.74) is 1.09. The Morgan fingerprint density at radius 2 is 2.12 bits per heavy atom. The van der Waals surface area contributed by atoms with Gasteiger partial charge in [0.15, 0.2) is 11.5 Å². The van der Waals surface area contributed by atoms with E-state index in [1.807, 2.05) is 24.3 Å². The number of aromatic nitrogens is 1. The van der Waals surface area contributed by atoms with Crippen LogP contribution in [0.2, 0.25) is 5.02 Å². The number of hydrogen-bond donors (Lipinski definition) is 1. The molecule has 1 aliphatic rings. The molecule has 0 radical (unpaired) electrons. The molecule has 0 bridgehead atoms. The molecule has 6 heteroatoms. The zero-order valence-electron chi connectivity index (χ0n) is 14.0. The van der Waals surface area contributed by atoms with Crippen molar-refractivity contribution in [3.8, 4) is 11.5 Å². The van der Waals surface area contributed by atoms with Crippen molar-refractivity contribution in [3.63, 3.8) is 0 Å². The molecular formula is C18H22ClN3O2. The van der Waals surface area contributed by atoms with Crippen LogP contribution in [0.3, 0.4) is 0 Å². The molecule has 0 saturated carbocycles. The second-order valence-corrected chi connectivity index (χ2v) is 6.18. The van der Waals surface area contributed by atoms with E-state index in [1.54, 1.807) is 20.4 Å². The van der Waals surface area contributed by atoms with E-state index < -0.39 is 0 Å². The zero-order chi connectivity index (χ0) is 16.9. The van der Waals surface area contributed by atoms with E-state index in [0.717, 1.165) is 48.9 Å². The molecule has 24 heavy (non-hydrogen) atoms. The van der Waals surface area contributed by atoms with E-state index in [9.17, 15) is 0 Å². The van der Waals surface area contributed by atoms with E-state index in [1.165, 1.54) is 0 Å². The molecule has 1 fully saturated rings. The van der Waals surface area contributed by atoms with Gasteiger partial charge in [-0.15, -0.1) is 0 Å². The van der Waals surface area contributed by atoms with Gasteiger partial charge in [0.1, 0.15) is 5.82 Å². The van der Waals surface area contributed by atoms with Gasteiger partial charge in [0.2, 0.25) is 0 Å². The first-order valence-corrected chi connectivity index (χ1v) is 8.39. The Morgan fingerprint density at radius 3 is 2.88 bits per heavy atom. The van der Waals surface area contributed by atoms with Crippen molar-refractivity contribution in [2.75, 3.05) is 32.2 Å². The lowest BCUT2D eigenvalue weighted by Gasteiger charge is -2.19. The number of nitrogens with zero attached hydrogens (tertiary/aromatic N) is 2. The lowest BCUT2D eigenvalue weighted by atomic mass is 10.1. The predicted octanol–water partition coefficient (Wildman–Crippen LogP) is 3.12. The first-order chi connectivity index (χ1) is 11.7. The fourth-order valence-electron chi connectivity index (χ4n) is 3.08. The number of anilines is 1. The van der Waals surface area contributed by atoms with Gasteiger partial charge < -0.3 is 19.7 Å². The third-order valence-corrected chi connectivity index (χ3v) is 4.59. The second-order valence-electron chi connectivity index (χ2n) is 5.77. The Bertz CT molecular complexity index is 696. The van der Waals surface area contributed by atoms with Crippen LogP contribution in [0.4, 0.5) is 5.82 Å². The highest BCUT2D eigenvalue weighted by molar-refractivity contribution is 6.32. The van der Waals surface area contributed by atoms with Gasteiger partial charge in [-0.1, -0.05) is 23.7 Å². The largest absolute Gasteiger partial charge is 0.493 e. The van der Waals surface area contributed by atoms with Crippen molar-refractivity contribution in [1.82, 2.24) is 10.3 Å². The molecule has 1 aromatic carbocycles. The number of hydrogen-bond acceptors (Lipinski definition) is 5. The van der Waals surface area contributed by atoms with E-state index in [0.29, 0.717) is 11.1 Å². The van der Waals surface area contributed by atoms with Crippen LogP contribution in [0.15, 0.2) is 36.5 Å². The van der Waals surface area contributed by atoms with Crippen molar-refractivity contribution < 1.29 is 9.47 Å². The van der Waals surface area contributed by atoms with Gasteiger partial charge in [-0.2, -0.15) is 0 Å². The first kappa shape index (κ1) is 16.9. The number of nitrogens with one attached hydrogen (secondary N) is 1. The summed E-state index contributed by atoms with van der Waals surface area (Å²) in [7, 11) is 3.32. The summed E-state index contributed by atoms with van der Waals surface area (Å²) in [4.78, 5) is 6.62. The summed E-state index contributed by atoms with van der Waals surface area (Å²) in [6, 6.07) is 10.1. The summed E-state index contributed by atoms with van der Waals surface area (Å²) >= 11 is 6.24. The Morgan fingerprint density at radius 1 is 1.25 bits per heavy atom. The molecule has 1 atom stereocenters. The van der Waals surface area contributed by atoms with Gasteiger partial charge in [-0.3, -0.25) is 0 Å². The molecule has 0 amide bonds. The summed E-state index contributed by atoms with van der Waals surface area (Å²) in [5, 5.41) is 4.30. The van der Waals surface area contributed by atoms with Crippen molar-refractivity contribution in [3.05, 3.63) is 47.1 Å². The molecule has 1 N–H and O–H groups in total. The maximum Gasteiger partial charge on any atom is 0.165 e. The molecule has 128 valence electrons. The van der Waals surface area contributed by atoms with Crippen molar-refractivity contribution in [1.29, 1.82) is 0 Å². The molecule has 0 aliphatic carbocycles. The number of methoxy groups -OCH3 is 2. The number of ether oxygens (including phenoxy) is 2. The van der Waals surface area contributed by atoms with Crippen LogP contribution in [0.1, 0.15) is 12.0 Å². The van der Waals surface area contributed by atoms with Crippen molar-refractivity contribution >= 4 is 17.4 Å². The Kier molecular flexibility index (Phi) is 5.43. The third-order valence-electron chi connectivity index (χ3n) is 4.29. The van der Waals surface area contributed by atoms with Gasteiger partial charge in [-0.05, 0) is 24.6 Å². The third kappa shape index (κ3) is 3.57. The summed E-state index contributed by atoms with van der Waals surface area (Å²) in [6.45, 7) is 2.57. The normalized spacial score (nSPS) is 17.1. The van der Waals surface area contributed by atoms with Crippen LogP contribution in [0.5, 0.6) is 11.5 Å². The molecule has 1 aromatic heterocycles. The molecule has 1 aliphatic heterocycles. The number of benzene rings is 1. The molecule has 3 rings (SSSR count). The van der Waals surface area contributed by atoms with Crippen molar-refractivity contribution in [2.45, 2.75) is 19.0 Å². The van der Waals surface area contributed by atoms with Gasteiger partial charge in [0, 0.05) is 37.4 Å². The van der Waals surface area contributed by atoms with Gasteiger partial charge in [-0.25, -0.2) is 4.98 Å². The first-order valence-electron chi connectivity index (χ1n) is 8.01. The number of halogens is 1. The minimum atomic E-state index is 0.388. The molecule has 5 nitrogen and oxygen atoms in total. The maximum absolute atomic E-state index is 6.24. The highest BCUT2D eigenvalue weighted by Crippen LogP contribution is 2.31. The lowest BCUT2D eigenvalue weighted by Crippen LogP contribution is -2.32. The summed E-state index contributed by atoms with van der Waals surface area (Å²) in [5.74, 6) is 2.41. The van der Waals surface area contributed by atoms with E-state index in [4.69, 9.17) is 21.1 Å². The molecule has 1 saturated heterocycles. The van der Waals surface area contributed by atoms with Crippen LogP contribution in [-0.2, 0) is 6.54 Å². The highest BCUT2D eigenvalue weighted by Gasteiger charge is 2.24. The second kappa shape index (κ2) is 7.73. The summed E-state index contributed by atoms with van der Waals surface area (Å²) < 4.78 is 10.8. The van der Waals surface area contributed by atoms with E-state index in [-0.39, 0.29) is 0 Å². The average Bonchev–Trinajstić information content (AvgIpc) is 3.08.